The van der Waals surface area contributed by atoms with E-state index in [1.165, 1.54) is 13.8 Å². The van der Waals surface area contributed by atoms with Crippen LogP contribution in [0.25, 0.3) is 0 Å². The zero-order valence-electron chi connectivity index (χ0n) is 10.1. The van der Waals surface area contributed by atoms with Crippen LogP contribution in [0.1, 0.15) is 33.6 Å². The van der Waals surface area contributed by atoms with E-state index >= 15 is 0 Å². The van der Waals surface area contributed by atoms with Crippen molar-refractivity contribution < 1.29 is 34.6 Å². The van der Waals surface area contributed by atoms with Gasteiger partial charge in [-0.2, -0.15) is 0 Å². The molecule has 0 saturated carbocycles. The predicted octanol–water partition coefficient (Wildman–Crippen LogP) is 0.0973. The highest BCUT2D eigenvalue weighted by Crippen LogP contribution is 2.11. The lowest BCUT2D eigenvalue weighted by Gasteiger charge is -2.17. The van der Waals surface area contributed by atoms with Gasteiger partial charge in [0, 0.05) is 11.5 Å². The summed E-state index contributed by atoms with van der Waals surface area (Å²) >= 11 is 0. The fourth-order valence-corrected chi connectivity index (χ4v) is 0.934. The summed E-state index contributed by atoms with van der Waals surface area (Å²) in [6.45, 7) is 4.43. The van der Waals surface area contributed by atoms with E-state index in [0.29, 0.717) is 0 Å². The maximum atomic E-state index is 11.3. The first kappa shape index (κ1) is 15.8. The van der Waals surface area contributed by atoms with Gasteiger partial charge < -0.3 is 10.2 Å². The molecule has 0 heterocycles. The van der Waals surface area contributed by atoms with Crippen LogP contribution in [0.3, 0.4) is 0 Å². The Bertz CT molecular complexity index is 251. The number of hydrogen-bond donors (Lipinski definition) is 2. The summed E-state index contributed by atoms with van der Waals surface area (Å²) in [7, 11) is 0. The monoisotopic (exact) mass is 250 g/mol. The molecule has 0 rings (SSSR count). The second kappa shape index (κ2) is 7.99. The van der Waals surface area contributed by atoms with Crippen molar-refractivity contribution in [1.82, 2.24) is 0 Å². The summed E-state index contributed by atoms with van der Waals surface area (Å²) in [6.07, 6.45) is -1.69. The van der Waals surface area contributed by atoms with Crippen LogP contribution in [0.15, 0.2) is 0 Å². The fraction of sp³-hybridized carbons (Fsp3) is 0.800. The quantitative estimate of drug-likeness (QED) is 0.488. The second-order valence-corrected chi connectivity index (χ2v) is 3.72. The third kappa shape index (κ3) is 6.88. The largest absolute Gasteiger partial charge is 0.393 e. The Morgan fingerprint density at radius 2 is 1.76 bits per heavy atom. The first-order valence-electron chi connectivity index (χ1n) is 5.32. The summed E-state index contributed by atoms with van der Waals surface area (Å²) in [4.78, 5) is 30.1. The highest BCUT2D eigenvalue weighted by Gasteiger charge is 2.26. The minimum absolute atomic E-state index is 0.0328. The molecule has 0 aliphatic heterocycles. The third-order valence-corrected chi connectivity index (χ3v) is 2.06. The fourth-order valence-electron chi connectivity index (χ4n) is 0.934. The first-order valence-corrected chi connectivity index (χ1v) is 5.32. The van der Waals surface area contributed by atoms with Crippen LogP contribution < -0.4 is 0 Å². The smallest absolute Gasteiger partial charge is 0.352 e. The average molecular weight is 250 g/mol. The van der Waals surface area contributed by atoms with Crippen molar-refractivity contribution in [2.75, 3.05) is 0 Å². The maximum absolute atomic E-state index is 11.3. The lowest BCUT2D eigenvalue weighted by atomic mass is 10.0. The average Bonchev–Trinajstić information content (AvgIpc) is 2.26. The minimum Gasteiger partial charge on any atom is -0.393 e. The second-order valence-electron chi connectivity index (χ2n) is 3.72. The molecule has 0 aromatic carbocycles. The van der Waals surface area contributed by atoms with Crippen molar-refractivity contribution in [3.63, 3.8) is 0 Å². The van der Waals surface area contributed by atoms with Gasteiger partial charge in [-0.1, -0.05) is 6.92 Å². The molecule has 17 heavy (non-hydrogen) atoms. The SMILES string of the molecule is CCC(=O)OOOC(=O)C(C)C(O)CC(C)O. The molecule has 7 nitrogen and oxygen atoms in total. The van der Waals surface area contributed by atoms with Crippen LogP contribution in [0.5, 0.6) is 0 Å². The molecular formula is C10H18O7. The summed E-state index contributed by atoms with van der Waals surface area (Å²) in [5, 5.41) is 22.5. The summed E-state index contributed by atoms with van der Waals surface area (Å²) in [5.41, 5.74) is 0. The van der Waals surface area contributed by atoms with E-state index in [4.69, 9.17) is 5.11 Å². The Morgan fingerprint density at radius 3 is 2.24 bits per heavy atom. The highest BCUT2D eigenvalue weighted by atomic mass is 17.5. The van der Waals surface area contributed by atoms with E-state index in [2.05, 4.69) is 14.8 Å². The molecule has 0 radical (unpaired) electrons. The summed E-state index contributed by atoms with van der Waals surface area (Å²) in [6, 6.07) is 0. The Labute approximate surface area is 99.1 Å². The first-order chi connectivity index (χ1) is 7.88. The zero-order chi connectivity index (χ0) is 13.4. The number of carbonyl (C=O) groups excluding carboxylic acids is 2. The van der Waals surface area contributed by atoms with E-state index < -0.39 is 30.1 Å². The summed E-state index contributed by atoms with van der Waals surface area (Å²) in [5.74, 6) is -2.47. The van der Waals surface area contributed by atoms with Crippen LogP contribution in [0, 0.1) is 5.92 Å². The molecule has 100 valence electrons. The van der Waals surface area contributed by atoms with Gasteiger partial charge in [-0.25, -0.2) is 9.59 Å². The van der Waals surface area contributed by atoms with Crippen LogP contribution in [0.4, 0.5) is 0 Å². The number of aliphatic hydroxyl groups excluding tert-OH is 2. The Hall–Kier alpha value is -1.18. The molecule has 0 spiro atoms. The molecule has 0 bridgehead atoms. The lowest BCUT2D eigenvalue weighted by Crippen LogP contribution is -2.30. The van der Waals surface area contributed by atoms with Crippen LogP contribution >= 0.6 is 0 Å². The van der Waals surface area contributed by atoms with Gasteiger partial charge in [-0.15, -0.1) is 0 Å². The van der Waals surface area contributed by atoms with E-state index in [1.54, 1.807) is 6.92 Å². The van der Waals surface area contributed by atoms with Gasteiger partial charge >= 0.3 is 11.9 Å². The molecule has 7 heteroatoms. The van der Waals surface area contributed by atoms with Gasteiger partial charge in [0.2, 0.25) is 0 Å². The van der Waals surface area contributed by atoms with Gasteiger partial charge in [0.25, 0.3) is 0 Å². The number of hydrogen-bond acceptors (Lipinski definition) is 7. The van der Waals surface area contributed by atoms with Gasteiger partial charge in [-0.3, -0.25) is 9.78 Å². The van der Waals surface area contributed by atoms with E-state index in [0.717, 1.165) is 0 Å². The van der Waals surface area contributed by atoms with Crippen molar-refractivity contribution in [1.29, 1.82) is 0 Å². The van der Waals surface area contributed by atoms with Crippen LogP contribution in [0.2, 0.25) is 0 Å². The number of rotatable bonds is 7. The number of aliphatic hydroxyl groups is 2. The van der Waals surface area contributed by atoms with Crippen molar-refractivity contribution in [3.8, 4) is 0 Å². The van der Waals surface area contributed by atoms with E-state index in [9.17, 15) is 14.7 Å². The molecule has 0 aromatic rings. The number of carbonyl (C=O) groups is 2. The molecule has 3 unspecified atom stereocenters. The van der Waals surface area contributed by atoms with Crippen LogP contribution in [-0.2, 0) is 24.4 Å². The van der Waals surface area contributed by atoms with Crippen LogP contribution in [-0.4, -0.2) is 34.4 Å². The normalized spacial score (nSPS) is 15.8. The molecule has 0 aromatic heterocycles. The molecule has 0 amide bonds. The molecule has 0 fully saturated rings. The zero-order valence-corrected chi connectivity index (χ0v) is 10.1. The molecule has 0 aliphatic carbocycles. The Morgan fingerprint density at radius 1 is 1.18 bits per heavy atom. The van der Waals surface area contributed by atoms with Gasteiger partial charge in [-0.05, 0) is 20.3 Å². The Kier molecular flexibility index (Phi) is 7.44. The van der Waals surface area contributed by atoms with Gasteiger partial charge in [0.05, 0.1) is 18.1 Å². The Balaban J connectivity index is 3.92. The third-order valence-electron chi connectivity index (χ3n) is 2.06. The van der Waals surface area contributed by atoms with Crippen molar-refractivity contribution in [3.05, 3.63) is 0 Å². The van der Waals surface area contributed by atoms with Gasteiger partial charge in [0.1, 0.15) is 0 Å². The predicted molar refractivity (Wildman–Crippen MR) is 55.0 cm³/mol. The summed E-state index contributed by atoms with van der Waals surface area (Å²) < 4.78 is 0. The van der Waals surface area contributed by atoms with E-state index in [1.807, 2.05) is 0 Å². The lowest BCUT2D eigenvalue weighted by molar-refractivity contribution is -0.460. The van der Waals surface area contributed by atoms with Crippen molar-refractivity contribution >= 4 is 11.9 Å². The molecule has 3 atom stereocenters. The highest BCUT2D eigenvalue weighted by molar-refractivity contribution is 5.72. The molecule has 0 saturated heterocycles. The maximum Gasteiger partial charge on any atom is 0.352 e. The molecule has 0 aliphatic rings. The van der Waals surface area contributed by atoms with Gasteiger partial charge in [0.15, 0.2) is 0 Å². The van der Waals surface area contributed by atoms with E-state index in [-0.39, 0.29) is 12.8 Å². The van der Waals surface area contributed by atoms with Crippen molar-refractivity contribution in [2.45, 2.75) is 45.8 Å². The molecule has 2 N–H and O–H groups in total. The topological polar surface area (TPSA) is 102 Å². The molecular weight excluding hydrogens is 232 g/mol. The standard InChI is InChI=1S/C10H18O7/c1-4-9(13)15-17-16-10(14)7(3)8(12)5-6(2)11/h6-8,11-12H,4-5H2,1-3H3. The minimum atomic E-state index is -1.06. The van der Waals surface area contributed by atoms with Crippen molar-refractivity contribution in [2.24, 2.45) is 5.92 Å².